The molecule has 1 aromatic carbocycles. The standard InChI is InChI=1S/C11H15F2N3/c1-14-11(15-2)16-7-6-8-9(12)4-3-5-10(8)13/h3-5H,6-7H2,1-2H3,(H2,14,15,16). The summed E-state index contributed by atoms with van der Waals surface area (Å²) >= 11 is 0. The van der Waals surface area contributed by atoms with Crippen molar-refractivity contribution in [2.24, 2.45) is 4.99 Å². The van der Waals surface area contributed by atoms with Crippen molar-refractivity contribution in [1.82, 2.24) is 10.6 Å². The summed E-state index contributed by atoms with van der Waals surface area (Å²) < 4.78 is 26.5. The van der Waals surface area contributed by atoms with E-state index >= 15 is 0 Å². The van der Waals surface area contributed by atoms with E-state index in [1.165, 1.54) is 18.2 Å². The van der Waals surface area contributed by atoms with E-state index in [-0.39, 0.29) is 12.0 Å². The smallest absolute Gasteiger partial charge is 0.190 e. The average Bonchev–Trinajstić information content (AvgIpc) is 2.28. The van der Waals surface area contributed by atoms with Crippen molar-refractivity contribution in [3.05, 3.63) is 35.4 Å². The normalized spacial score (nSPS) is 11.4. The lowest BCUT2D eigenvalue weighted by atomic mass is 10.1. The summed E-state index contributed by atoms with van der Waals surface area (Å²) in [7, 11) is 3.35. The maximum Gasteiger partial charge on any atom is 0.190 e. The van der Waals surface area contributed by atoms with Gasteiger partial charge in [-0.3, -0.25) is 4.99 Å². The number of halogens is 2. The minimum absolute atomic E-state index is 0.0987. The third kappa shape index (κ3) is 3.18. The predicted octanol–water partition coefficient (Wildman–Crippen LogP) is 1.30. The Balaban J connectivity index is 2.55. The molecule has 0 atom stereocenters. The summed E-state index contributed by atoms with van der Waals surface area (Å²) in [5, 5.41) is 5.75. The second kappa shape index (κ2) is 6.05. The Morgan fingerprint density at radius 3 is 2.44 bits per heavy atom. The van der Waals surface area contributed by atoms with E-state index in [1.54, 1.807) is 14.1 Å². The summed E-state index contributed by atoms with van der Waals surface area (Å²) in [5.74, 6) is -0.431. The number of hydrogen-bond donors (Lipinski definition) is 2. The van der Waals surface area contributed by atoms with Crippen molar-refractivity contribution < 1.29 is 8.78 Å². The fourth-order valence-corrected chi connectivity index (χ4v) is 1.36. The van der Waals surface area contributed by atoms with Crippen LogP contribution in [0.2, 0.25) is 0 Å². The van der Waals surface area contributed by atoms with E-state index in [1.807, 2.05) is 0 Å². The zero-order chi connectivity index (χ0) is 12.0. The number of hydrogen-bond acceptors (Lipinski definition) is 1. The van der Waals surface area contributed by atoms with Gasteiger partial charge in [0.1, 0.15) is 11.6 Å². The first kappa shape index (κ1) is 12.4. The maximum atomic E-state index is 13.2. The van der Waals surface area contributed by atoms with Gasteiger partial charge < -0.3 is 10.6 Å². The summed E-state index contributed by atoms with van der Waals surface area (Å²) in [6.07, 6.45) is 0.277. The van der Waals surface area contributed by atoms with Crippen LogP contribution < -0.4 is 10.6 Å². The Morgan fingerprint density at radius 1 is 1.31 bits per heavy atom. The third-order valence-corrected chi connectivity index (χ3v) is 2.19. The molecular formula is C11H15F2N3. The zero-order valence-corrected chi connectivity index (χ0v) is 9.35. The lowest BCUT2D eigenvalue weighted by Crippen LogP contribution is -2.36. The molecule has 0 fully saturated rings. The van der Waals surface area contributed by atoms with Crippen molar-refractivity contribution in [2.45, 2.75) is 6.42 Å². The Labute approximate surface area is 93.6 Å². The van der Waals surface area contributed by atoms with Crippen LogP contribution in [0.15, 0.2) is 23.2 Å². The first-order valence-corrected chi connectivity index (χ1v) is 5.00. The number of benzene rings is 1. The van der Waals surface area contributed by atoms with Gasteiger partial charge in [0.2, 0.25) is 0 Å². The van der Waals surface area contributed by atoms with Crippen LogP contribution >= 0.6 is 0 Å². The van der Waals surface area contributed by atoms with Gasteiger partial charge in [-0.2, -0.15) is 0 Å². The third-order valence-electron chi connectivity index (χ3n) is 2.19. The monoisotopic (exact) mass is 227 g/mol. The fourth-order valence-electron chi connectivity index (χ4n) is 1.36. The largest absolute Gasteiger partial charge is 0.359 e. The first-order chi connectivity index (χ1) is 7.69. The van der Waals surface area contributed by atoms with Crippen LogP contribution in [0.4, 0.5) is 8.78 Å². The van der Waals surface area contributed by atoms with Crippen LogP contribution in [0, 0.1) is 11.6 Å². The molecule has 5 heteroatoms. The molecule has 0 spiro atoms. The van der Waals surface area contributed by atoms with Gasteiger partial charge in [0.25, 0.3) is 0 Å². The lowest BCUT2D eigenvalue weighted by Gasteiger charge is -2.09. The molecule has 0 unspecified atom stereocenters. The van der Waals surface area contributed by atoms with Crippen molar-refractivity contribution >= 4 is 5.96 Å². The van der Waals surface area contributed by atoms with Gasteiger partial charge in [0.15, 0.2) is 5.96 Å². The molecule has 16 heavy (non-hydrogen) atoms. The molecule has 0 aromatic heterocycles. The summed E-state index contributed by atoms with van der Waals surface area (Å²) in [4.78, 5) is 3.89. The SMILES string of the molecule is CN=C(NC)NCCc1c(F)cccc1F. The molecule has 0 bridgehead atoms. The van der Waals surface area contributed by atoms with Crippen LogP contribution in [0.1, 0.15) is 5.56 Å². The van der Waals surface area contributed by atoms with Gasteiger partial charge in [-0.05, 0) is 18.6 Å². The van der Waals surface area contributed by atoms with Gasteiger partial charge >= 0.3 is 0 Å². The number of nitrogens with one attached hydrogen (secondary N) is 2. The molecule has 3 nitrogen and oxygen atoms in total. The van der Waals surface area contributed by atoms with Crippen LogP contribution in [0.5, 0.6) is 0 Å². The number of aliphatic imine (C=N–C) groups is 1. The highest BCUT2D eigenvalue weighted by Gasteiger charge is 2.07. The van der Waals surface area contributed by atoms with E-state index < -0.39 is 11.6 Å². The highest BCUT2D eigenvalue weighted by molar-refractivity contribution is 5.79. The molecule has 0 aliphatic rings. The van der Waals surface area contributed by atoms with Crippen molar-refractivity contribution in [3.63, 3.8) is 0 Å². The van der Waals surface area contributed by atoms with E-state index in [9.17, 15) is 8.78 Å². The minimum Gasteiger partial charge on any atom is -0.359 e. The Morgan fingerprint density at radius 2 is 1.94 bits per heavy atom. The van der Waals surface area contributed by atoms with Gasteiger partial charge in [-0.1, -0.05) is 6.07 Å². The first-order valence-electron chi connectivity index (χ1n) is 5.00. The average molecular weight is 227 g/mol. The molecule has 1 aromatic rings. The van der Waals surface area contributed by atoms with E-state index in [2.05, 4.69) is 15.6 Å². The molecule has 88 valence electrons. The molecule has 0 radical (unpaired) electrons. The molecular weight excluding hydrogens is 212 g/mol. The van der Waals surface area contributed by atoms with Crippen molar-refractivity contribution in [1.29, 1.82) is 0 Å². The fraction of sp³-hybridized carbons (Fsp3) is 0.364. The lowest BCUT2D eigenvalue weighted by molar-refractivity contribution is 0.553. The van der Waals surface area contributed by atoms with Crippen molar-refractivity contribution in [3.8, 4) is 0 Å². The Kier molecular flexibility index (Phi) is 4.69. The maximum absolute atomic E-state index is 13.2. The van der Waals surface area contributed by atoms with Gasteiger partial charge in [0, 0.05) is 26.2 Å². The van der Waals surface area contributed by atoms with E-state index in [0.29, 0.717) is 12.5 Å². The van der Waals surface area contributed by atoms with Gasteiger partial charge in [0.05, 0.1) is 0 Å². The highest BCUT2D eigenvalue weighted by atomic mass is 19.1. The molecule has 0 aliphatic carbocycles. The zero-order valence-electron chi connectivity index (χ0n) is 9.35. The summed E-state index contributed by atoms with van der Waals surface area (Å²) in [6.45, 7) is 0.422. The van der Waals surface area contributed by atoms with Crippen LogP contribution in [0.3, 0.4) is 0 Å². The highest BCUT2D eigenvalue weighted by Crippen LogP contribution is 2.11. The van der Waals surface area contributed by atoms with Crippen molar-refractivity contribution in [2.75, 3.05) is 20.6 Å². The molecule has 0 amide bonds. The number of nitrogens with zero attached hydrogens (tertiary/aromatic N) is 1. The second-order valence-electron chi connectivity index (χ2n) is 3.20. The van der Waals surface area contributed by atoms with E-state index in [0.717, 1.165) is 0 Å². The molecule has 2 N–H and O–H groups in total. The topological polar surface area (TPSA) is 36.4 Å². The molecule has 1 rings (SSSR count). The van der Waals surface area contributed by atoms with Gasteiger partial charge in [-0.15, -0.1) is 0 Å². The Hall–Kier alpha value is -1.65. The summed E-state index contributed by atoms with van der Waals surface area (Å²) in [5.41, 5.74) is 0.0987. The molecule has 0 aliphatic heterocycles. The summed E-state index contributed by atoms with van der Waals surface area (Å²) in [6, 6.07) is 3.87. The van der Waals surface area contributed by atoms with Crippen LogP contribution in [0.25, 0.3) is 0 Å². The quantitative estimate of drug-likeness (QED) is 0.603. The predicted molar refractivity (Wildman–Crippen MR) is 60.5 cm³/mol. The Bertz CT molecular complexity index is 357. The minimum atomic E-state index is -0.513. The molecule has 0 saturated carbocycles. The van der Waals surface area contributed by atoms with Crippen LogP contribution in [-0.4, -0.2) is 26.6 Å². The molecule has 0 saturated heterocycles. The van der Waals surface area contributed by atoms with E-state index in [4.69, 9.17) is 0 Å². The number of rotatable bonds is 3. The van der Waals surface area contributed by atoms with Gasteiger partial charge in [-0.25, -0.2) is 8.78 Å². The van der Waals surface area contributed by atoms with Crippen LogP contribution in [-0.2, 0) is 6.42 Å². The molecule has 0 heterocycles. The second-order valence-corrected chi connectivity index (χ2v) is 3.20. The number of guanidine groups is 1.